The molecule has 0 saturated carbocycles. The Morgan fingerprint density at radius 3 is 2.27 bits per heavy atom. The van der Waals surface area contributed by atoms with Crippen LogP contribution in [-0.2, 0) is 14.6 Å². The molecule has 0 aliphatic carbocycles. The first-order chi connectivity index (χ1) is 12.1. The number of hydrogen-bond donors (Lipinski definition) is 0. The zero-order valence-corrected chi connectivity index (χ0v) is 15.1. The van der Waals surface area contributed by atoms with Crippen molar-refractivity contribution in [3.05, 3.63) is 18.5 Å². The van der Waals surface area contributed by atoms with Gasteiger partial charge in [0.05, 0.1) is 17.9 Å². The molecule has 2 aliphatic rings. The second-order valence-electron chi connectivity index (χ2n) is 7.28. The molecule has 0 aromatic carbocycles. The molecular weight excluding hydrogens is 371 g/mol. The van der Waals surface area contributed by atoms with Gasteiger partial charge in [-0.15, -0.1) is 0 Å². The number of likely N-dealkylation sites (tertiary alicyclic amines) is 1. The highest BCUT2D eigenvalue weighted by Crippen LogP contribution is 2.42. The van der Waals surface area contributed by atoms with Gasteiger partial charge in [-0.2, -0.15) is 18.3 Å². The number of alkyl halides is 3. The van der Waals surface area contributed by atoms with Gasteiger partial charge in [0.25, 0.3) is 0 Å². The van der Waals surface area contributed by atoms with Crippen LogP contribution in [-0.4, -0.2) is 59.8 Å². The standard InChI is InChI=1S/C16H22F3N3O3S/c17-16(18,19)13(22-7-1-6-20-22)12-14(23)21-8-2-15(3-9-21)4-10-26(24,25)11-5-15/h1,6-7,13H,2-5,8-12H2. The van der Waals surface area contributed by atoms with Gasteiger partial charge in [0.1, 0.15) is 9.84 Å². The zero-order valence-electron chi connectivity index (χ0n) is 14.3. The molecule has 26 heavy (non-hydrogen) atoms. The van der Waals surface area contributed by atoms with Crippen molar-refractivity contribution in [3.8, 4) is 0 Å². The Bertz CT molecular complexity index is 723. The predicted molar refractivity (Wildman–Crippen MR) is 88.1 cm³/mol. The smallest absolute Gasteiger partial charge is 0.343 e. The molecule has 1 atom stereocenters. The van der Waals surface area contributed by atoms with Crippen LogP contribution in [0.5, 0.6) is 0 Å². The highest BCUT2D eigenvalue weighted by atomic mass is 32.2. The molecule has 1 aromatic rings. The van der Waals surface area contributed by atoms with Gasteiger partial charge in [-0.3, -0.25) is 9.48 Å². The van der Waals surface area contributed by atoms with Crippen LogP contribution in [0, 0.1) is 5.41 Å². The maximum atomic E-state index is 13.3. The highest BCUT2D eigenvalue weighted by Gasteiger charge is 2.45. The average Bonchev–Trinajstić information content (AvgIpc) is 3.09. The van der Waals surface area contributed by atoms with E-state index in [0.29, 0.717) is 38.8 Å². The third-order valence-electron chi connectivity index (χ3n) is 5.65. The summed E-state index contributed by atoms with van der Waals surface area (Å²) in [6.45, 7) is 0.755. The van der Waals surface area contributed by atoms with Crippen molar-refractivity contribution >= 4 is 15.7 Å². The number of sulfone groups is 1. The zero-order chi connectivity index (χ0) is 19.0. The van der Waals surface area contributed by atoms with Crippen molar-refractivity contribution < 1.29 is 26.4 Å². The van der Waals surface area contributed by atoms with E-state index in [2.05, 4.69) is 5.10 Å². The third-order valence-corrected chi connectivity index (χ3v) is 7.31. The van der Waals surface area contributed by atoms with Crippen LogP contribution in [0.25, 0.3) is 0 Å². The number of halogens is 3. The van der Waals surface area contributed by atoms with Crippen molar-refractivity contribution in [2.75, 3.05) is 24.6 Å². The Labute approximate surface area is 150 Å². The fourth-order valence-electron chi connectivity index (χ4n) is 3.82. The number of carbonyl (C=O) groups is 1. The van der Waals surface area contributed by atoms with Crippen LogP contribution < -0.4 is 0 Å². The lowest BCUT2D eigenvalue weighted by atomic mass is 9.74. The van der Waals surface area contributed by atoms with E-state index in [9.17, 15) is 26.4 Å². The molecule has 3 rings (SSSR count). The number of nitrogens with zero attached hydrogens (tertiary/aromatic N) is 3. The van der Waals surface area contributed by atoms with E-state index in [1.54, 1.807) is 0 Å². The van der Waals surface area contributed by atoms with E-state index in [0.717, 1.165) is 4.68 Å². The normalized spacial score (nSPS) is 23.7. The summed E-state index contributed by atoms with van der Waals surface area (Å²) in [7, 11) is -2.96. The van der Waals surface area contributed by atoms with Crippen LogP contribution in [0.2, 0.25) is 0 Å². The topological polar surface area (TPSA) is 72.3 Å². The van der Waals surface area contributed by atoms with Gasteiger partial charge in [0.2, 0.25) is 5.91 Å². The second kappa shape index (κ2) is 6.86. The molecule has 2 aliphatic heterocycles. The molecular formula is C16H22F3N3O3S. The Hall–Kier alpha value is -1.58. The largest absolute Gasteiger partial charge is 0.411 e. The van der Waals surface area contributed by atoms with E-state index in [4.69, 9.17) is 0 Å². The SMILES string of the molecule is O=C(CC(n1cccn1)C(F)(F)F)N1CCC2(CC1)CCS(=O)(=O)CC2. The second-order valence-corrected chi connectivity index (χ2v) is 9.58. The summed E-state index contributed by atoms with van der Waals surface area (Å²) in [4.78, 5) is 13.9. The van der Waals surface area contributed by atoms with Crippen LogP contribution in [0.3, 0.4) is 0 Å². The van der Waals surface area contributed by atoms with Gasteiger partial charge >= 0.3 is 6.18 Å². The van der Waals surface area contributed by atoms with E-state index < -0.39 is 34.4 Å². The van der Waals surface area contributed by atoms with E-state index in [-0.39, 0.29) is 16.9 Å². The number of piperidine rings is 1. The predicted octanol–water partition coefficient (Wildman–Crippen LogP) is 2.19. The average molecular weight is 393 g/mol. The molecule has 2 fully saturated rings. The first-order valence-corrected chi connectivity index (χ1v) is 10.5. The van der Waals surface area contributed by atoms with E-state index in [1.807, 2.05) is 0 Å². The number of aromatic nitrogens is 2. The molecule has 6 nitrogen and oxygen atoms in total. The first-order valence-electron chi connectivity index (χ1n) is 8.64. The Kier molecular flexibility index (Phi) is 5.06. The summed E-state index contributed by atoms with van der Waals surface area (Å²) in [5.74, 6) is -0.214. The van der Waals surface area contributed by atoms with Crippen LogP contribution in [0.4, 0.5) is 13.2 Å². The molecule has 1 unspecified atom stereocenters. The maximum absolute atomic E-state index is 13.3. The molecule has 1 aromatic heterocycles. The van der Waals surface area contributed by atoms with Crippen LogP contribution in [0.1, 0.15) is 38.1 Å². The van der Waals surface area contributed by atoms with Crippen molar-refractivity contribution in [3.63, 3.8) is 0 Å². The minimum Gasteiger partial charge on any atom is -0.343 e. The van der Waals surface area contributed by atoms with Gasteiger partial charge in [0.15, 0.2) is 6.04 Å². The molecule has 146 valence electrons. The highest BCUT2D eigenvalue weighted by molar-refractivity contribution is 7.91. The molecule has 0 bridgehead atoms. The Balaban J connectivity index is 1.60. The molecule has 2 saturated heterocycles. The lowest BCUT2D eigenvalue weighted by Gasteiger charge is -2.44. The number of rotatable bonds is 3. The summed E-state index contributed by atoms with van der Waals surface area (Å²) < 4.78 is 63.8. The molecule has 0 N–H and O–H groups in total. The van der Waals surface area contributed by atoms with Crippen molar-refractivity contribution in [1.29, 1.82) is 0 Å². The van der Waals surface area contributed by atoms with Crippen molar-refractivity contribution in [2.24, 2.45) is 5.41 Å². The van der Waals surface area contributed by atoms with Crippen molar-refractivity contribution in [2.45, 2.75) is 44.3 Å². The summed E-state index contributed by atoms with van der Waals surface area (Å²) >= 11 is 0. The van der Waals surface area contributed by atoms with Gasteiger partial charge in [-0.1, -0.05) is 0 Å². The maximum Gasteiger partial charge on any atom is 0.411 e. The van der Waals surface area contributed by atoms with Gasteiger partial charge < -0.3 is 4.90 Å². The quantitative estimate of drug-likeness (QED) is 0.789. The fraction of sp³-hybridized carbons (Fsp3) is 0.750. The monoisotopic (exact) mass is 393 g/mol. The van der Waals surface area contributed by atoms with Crippen molar-refractivity contribution in [1.82, 2.24) is 14.7 Å². The lowest BCUT2D eigenvalue weighted by Crippen LogP contribution is -2.47. The van der Waals surface area contributed by atoms with Gasteiger partial charge in [-0.05, 0) is 37.2 Å². The molecule has 1 spiro atoms. The van der Waals surface area contributed by atoms with Gasteiger partial charge in [-0.25, -0.2) is 8.42 Å². The summed E-state index contributed by atoms with van der Waals surface area (Å²) in [5, 5.41) is 3.63. The molecule has 10 heteroatoms. The van der Waals surface area contributed by atoms with E-state index in [1.165, 1.54) is 23.4 Å². The van der Waals surface area contributed by atoms with Gasteiger partial charge in [0, 0.05) is 25.5 Å². The molecule has 0 radical (unpaired) electrons. The van der Waals surface area contributed by atoms with E-state index >= 15 is 0 Å². The minimum atomic E-state index is -4.56. The molecule has 1 amide bonds. The van der Waals surface area contributed by atoms with Crippen LogP contribution >= 0.6 is 0 Å². The van der Waals surface area contributed by atoms with Crippen LogP contribution in [0.15, 0.2) is 18.5 Å². The number of amides is 1. The summed E-state index contributed by atoms with van der Waals surface area (Å²) in [5.41, 5.74) is -0.0898. The Morgan fingerprint density at radius 2 is 1.77 bits per heavy atom. The fourth-order valence-corrected chi connectivity index (χ4v) is 5.51. The minimum absolute atomic E-state index is 0.0898. The first kappa shape index (κ1) is 19.2. The summed E-state index contributed by atoms with van der Waals surface area (Å²) in [6, 6.07) is -0.578. The third kappa shape index (κ3) is 4.21. The lowest BCUT2D eigenvalue weighted by molar-refractivity contribution is -0.177. The summed E-state index contributed by atoms with van der Waals surface area (Å²) in [6.07, 6.45) is -0.321. The number of carbonyl (C=O) groups excluding carboxylic acids is 1. The molecule has 3 heterocycles. The Morgan fingerprint density at radius 1 is 1.15 bits per heavy atom. The number of hydrogen-bond acceptors (Lipinski definition) is 4.